The highest BCUT2D eigenvalue weighted by Crippen LogP contribution is 2.12. The quantitative estimate of drug-likeness (QED) is 0.610. The van der Waals surface area contributed by atoms with Gasteiger partial charge in [0.05, 0.1) is 13.7 Å². The van der Waals surface area contributed by atoms with E-state index in [0.717, 1.165) is 19.3 Å². The van der Waals surface area contributed by atoms with E-state index in [1.165, 1.54) is 14.0 Å². The Morgan fingerprint density at radius 1 is 1.27 bits per heavy atom. The topological polar surface area (TPSA) is 52.6 Å². The molecule has 4 heteroatoms. The fourth-order valence-corrected chi connectivity index (χ4v) is 1.25. The van der Waals surface area contributed by atoms with Gasteiger partial charge in [-0.15, -0.1) is 0 Å². The highest BCUT2D eigenvalue weighted by atomic mass is 16.5. The number of esters is 2. The first-order valence-corrected chi connectivity index (χ1v) is 5.26. The molecule has 4 nitrogen and oxygen atoms in total. The van der Waals surface area contributed by atoms with Gasteiger partial charge in [-0.3, -0.25) is 9.59 Å². The van der Waals surface area contributed by atoms with Crippen LogP contribution in [0.5, 0.6) is 0 Å². The van der Waals surface area contributed by atoms with Crippen molar-refractivity contribution in [1.29, 1.82) is 0 Å². The van der Waals surface area contributed by atoms with Crippen LogP contribution >= 0.6 is 0 Å². The van der Waals surface area contributed by atoms with E-state index < -0.39 is 0 Å². The van der Waals surface area contributed by atoms with E-state index in [2.05, 4.69) is 11.7 Å². The van der Waals surface area contributed by atoms with Crippen LogP contribution < -0.4 is 0 Å². The van der Waals surface area contributed by atoms with Crippen molar-refractivity contribution in [1.82, 2.24) is 0 Å². The molecule has 0 spiro atoms. The highest BCUT2D eigenvalue weighted by molar-refractivity contribution is 5.69. The lowest BCUT2D eigenvalue weighted by molar-refractivity contribution is -0.141. The number of ether oxygens (including phenoxy) is 2. The molecule has 0 aliphatic carbocycles. The monoisotopic (exact) mass is 216 g/mol. The third kappa shape index (κ3) is 9.25. The Morgan fingerprint density at radius 2 is 1.93 bits per heavy atom. The van der Waals surface area contributed by atoms with E-state index in [4.69, 9.17) is 4.74 Å². The van der Waals surface area contributed by atoms with Crippen LogP contribution in [-0.4, -0.2) is 25.7 Å². The van der Waals surface area contributed by atoms with Crippen molar-refractivity contribution in [3.63, 3.8) is 0 Å². The number of carbonyl (C=O) groups excluding carboxylic acids is 2. The molecular weight excluding hydrogens is 196 g/mol. The largest absolute Gasteiger partial charge is 0.469 e. The summed E-state index contributed by atoms with van der Waals surface area (Å²) < 4.78 is 9.37. The lowest BCUT2D eigenvalue weighted by Gasteiger charge is -2.10. The molecule has 0 N–H and O–H groups in total. The lowest BCUT2D eigenvalue weighted by Crippen LogP contribution is -2.06. The molecule has 0 aromatic carbocycles. The molecule has 0 aromatic heterocycles. The summed E-state index contributed by atoms with van der Waals surface area (Å²) in [4.78, 5) is 21.3. The van der Waals surface area contributed by atoms with E-state index in [1.807, 2.05) is 0 Å². The normalized spacial score (nSPS) is 11.9. The standard InChI is InChI=1S/C11H20O4/c1-9(7-8-15-10(2)12)5-4-6-11(13)14-3/h9H,4-8H2,1-3H3/t9-/m1/s1. The third-order valence-corrected chi connectivity index (χ3v) is 2.22. The SMILES string of the molecule is COC(=O)CCC[C@@H](C)CCOC(C)=O. The maximum atomic E-state index is 10.8. The number of carbonyl (C=O) groups is 2. The molecule has 0 radical (unpaired) electrons. The van der Waals surface area contributed by atoms with Crippen LogP contribution in [0, 0.1) is 5.92 Å². The van der Waals surface area contributed by atoms with Crippen LogP contribution in [0.25, 0.3) is 0 Å². The summed E-state index contributed by atoms with van der Waals surface area (Å²) in [5.41, 5.74) is 0. The van der Waals surface area contributed by atoms with Gasteiger partial charge in [0.15, 0.2) is 0 Å². The number of hydrogen-bond donors (Lipinski definition) is 0. The van der Waals surface area contributed by atoms with Crippen molar-refractivity contribution in [3.8, 4) is 0 Å². The zero-order valence-corrected chi connectivity index (χ0v) is 9.75. The first-order valence-electron chi connectivity index (χ1n) is 5.26. The van der Waals surface area contributed by atoms with Crippen LogP contribution in [-0.2, 0) is 19.1 Å². The van der Waals surface area contributed by atoms with Crippen LogP contribution in [0.2, 0.25) is 0 Å². The Bertz CT molecular complexity index is 201. The summed E-state index contributed by atoms with van der Waals surface area (Å²) in [5.74, 6) is 0.0629. The second-order valence-electron chi connectivity index (χ2n) is 3.70. The summed E-state index contributed by atoms with van der Waals surface area (Å²) in [6, 6.07) is 0. The molecule has 0 aliphatic rings. The van der Waals surface area contributed by atoms with Gasteiger partial charge in [0, 0.05) is 13.3 Å². The van der Waals surface area contributed by atoms with Crippen molar-refractivity contribution < 1.29 is 19.1 Å². The zero-order chi connectivity index (χ0) is 11.7. The lowest BCUT2D eigenvalue weighted by atomic mass is 10.0. The molecule has 0 amide bonds. The van der Waals surface area contributed by atoms with E-state index >= 15 is 0 Å². The second-order valence-corrected chi connectivity index (χ2v) is 3.70. The molecule has 0 bridgehead atoms. The van der Waals surface area contributed by atoms with Crippen LogP contribution in [0.3, 0.4) is 0 Å². The molecule has 0 aromatic rings. The summed E-state index contributed by atoms with van der Waals surface area (Å²) in [5, 5.41) is 0. The Labute approximate surface area is 90.9 Å². The fourth-order valence-electron chi connectivity index (χ4n) is 1.25. The Morgan fingerprint density at radius 3 is 2.47 bits per heavy atom. The molecule has 0 fully saturated rings. The fraction of sp³-hybridized carbons (Fsp3) is 0.818. The van der Waals surface area contributed by atoms with Crippen LogP contribution in [0.1, 0.15) is 39.5 Å². The molecule has 0 saturated carbocycles. The predicted octanol–water partition coefficient (Wildman–Crippen LogP) is 1.92. The number of rotatable bonds is 7. The third-order valence-electron chi connectivity index (χ3n) is 2.22. The smallest absolute Gasteiger partial charge is 0.305 e. The van der Waals surface area contributed by atoms with Crippen molar-refractivity contribution in [2.24, 2.45) is 5.92 Å². The number of hydrogen-bond acceptors (Lipinski definition) is 4. The Kier molecular flexibility index (Phi) is 7.68. The Balaban J connectivity index is 3.37. The minimum Gasteiger partial charge on any atom is -0.469 e. The van der Waals surface area contributed by atoms with Gasteiger partial charge in [-0.2, -0.15) is 0 Å². The summed E-state index contributed by atoms with van der Waals surface area (Å²) in [6.45, 7) is 3.96. The maximum Gasteiger partial charge on any atom is 0.305 e. The number of methoxy groups -OCH3 is 1. The van der Waals surface area contributed by atoms with Gasteiger partial charge in [-0.05, 0) is 18.8 Å². The second kappa shape index (κ2) is 8.26. The molecule has 0 aliphatic heterocycles. The summed E-state index contributed by atoms with van der Waals surface area (Å²) in [7, 11) is 1.40. The molecule has 1 atom stereocenters. The van der Waals surface area contributed by atoms with Gasteiger partial charge in [0.25, 0.3) is 0 Å². The van der Waals surface area contributed by atoms with Crippen molar-refractivity contribution >= 4 is 11.9 Å². The minimum absolute atomic E-state index is 0.165. The summed E-state index contributed by atoms with van der Waals surface area (Å²) >= 11 is 0. The highest BCUT2D eigenvalue weighted by Gasteiger charge is 2.05. The van der Waals surface area contributed by atoms with Gasteiger partial charge >= 0.3 is 11.9 Å². The predicted molar refractivity (Wildman–Crippen MR) is 56.3 cm³/mol. The minimum atomic E-state index is -0.239. The van der Waals surface area contributed by atoms with E-state index in [1.54, 1.807) is 0 Å². The molecule has 15 heavy (non-hydrogen) atoms. The van der Waals surface area contributed by atoms with Gasteiger partial charge in [-0.25, -0.2) is 0 Å². The van der Waals surface area contributed by atoms with Crippen molar-refractivity contribution in [2.75, 3.05) is 13.7 Å². The van der Waals surface area contributed by atoms with Gasteiger partial charge in [-0.1, -0.05) is 13.3 Å². The molecule has 0 unspecified atom stereocenters. The molecule has 0 saturated heterocycles. The molecule has 0 rings (SSSR count). The van der Waals surface area contributed by atoms with Crippen molar-refractivity contribution in [2.45, 2.75) is 39.5 Å². The molecule has 0 heterocycles. The van der Waals surface area contributed by atoms with Crippen LogP contribution in [0.15, 0.2) is 0 Å². The van der Waals surface area contributed by atoms with E-state index in [-0.39, 0.29) is 11.9 Å². The first kappa shape index (κ1) is 13.9. The molecular formula is C11H20O4. The average molecular weight is 216 g/mol. The van der Waals surface area contributed by atoms with Gasteiger partial charge in [0.1, 0.15) is 0 Å². The van der Waals surface area contributed by atoms with Gasteiger partial charge in [0.2, 0.25) is 0 Å². The average Bonchev–Trinajstić information content (AvgIpc) is 2.17. The summed E-state index contributed by atoms with van der Waals surface area (Å²) in [6.07, 6.45) is 3.10. The van der Waals surface area contributed by atoms with E-state index in [0.29, 0.717) is 18.9 Å². The van der Waals surface area contributed by atoms with E-state index in [9.17, 15) is 9.59 Å². The van der Waals surface area contributed by atoms with Crippen molar-refractivity contribution in [3.05, 3.63) is 0 Å². The molecule has 88 valence electrons. The van der Waals surface area contributed by atoms with Gasteiger partial charge < -0.3 is 9.47 Å². The Hall–Kier alpha value is -1.06. The maximum absolute atomic E-state index is 10.8. The van der Waals surface area contributed by atoms with Crippen LogP contribution in [0.4, 0.5) is 0 Å². The first-order chi connectivity index (χ1) is 7.06. The zero-order valence-electron chi connectivity index (χ0n) is 9.75.